The maximum absolute atomic E-state index is 11.0. The third-order valence-corrected chi connectivity index (χ3v) is 4.71. The van der Waals surface area contributed by atoms with E-state index in [0.29, 0.717) is 24.9 Å². The van der Waals surface area contributed by atoms with Crippen LogP contribution in [0.3, 0.4) is 0 Å². The summed E-state index contributed by atoms with van der Waals surface area (Å²) in [5.74, 6) is 1.95. The van der Waals surface area contributed by atoms with Gasteiger partial charge in [-0.1, -0.05) is 25.6 Å². The van der Waals surface area contributed by atoms with Gasteiger partial charge in [0.05, 0.1) is 6.10 Å². The van der Waals surface area contributed by atoms with E-state index < -0.39 is 0 Å². The maximum atomic E-state index is 11.0. The van der Waals surface area contributed by atoms with Crippen molar-refractivity contribution in [1.82, 2.24) is 14.8 Å². The van der Waals surface area contributed by atoms with Crippen LogP contribution in [-0.2, 0) is 22.5 Å². The molecule has 2 N–H and O–H groups in total. The number of aromatic nitrogens is 3. The Morgan fingerprint density at radius 3 is 2.91 bits per heavy atom. The Balaban J connectivity index is 1.99. The number of primary amides is 1. The SMILES string of the molecule is CC(C)Cn1c(CCC(N)=O)nnc1SCC1CCCCO1. The first-order valence-corrected chi connectivity index (χ1v) is 8.99. The molecule has 124 valence electrons. The van der Waals surface area contributed by atoms with Crippen LogP contribution in [0.2, 0.25) is 0 Å². The van der Waals surface area contributed by atoms with E-state index in [1.807, 2.05) is 0 Å². The predicted octanol–water partition coefficient (Wildman–Crippen LogP) is 2.01. The lowest BCUT2D eigenvalue weighted by molar-refractivity contribution is -0.118. The highest BCUT2D eigenvalue weighted by atomic mass is 32.2. The quantitative estimate of drug-likeness (QED) is 0.739. The molecule has 2 heterocycles. The van der Waals surface area contributed by atoms with Gasteiger partial charge in [-0.3, -0.25) is 4.79 Å². The summed E-state index contributed by atoms with van der Waals surface area (Å²) in [7, 11) is 0. The highest BCUT2D eigenvalue weighted by molar-refractivity contribution is 7.99. The fourth-order valence-corrected chi connectivity index (χ4v) is 3.53. The van der Waals surface area contributed by atoms with Crippen molar-refractivity contribution >= 4 is 17.7 Å². The average Bonchev–Trinajstić information content (AvgIpc) is 2.85. The Morgan fingerprint density at radius 2 is 2.27 bits per heavy atom. The molecule has 1 aliphatic rings. The van der Waals surface area contributed by atoms with Crippen LogP contribution in [0.1, 0.15) is 45.4 Å². The van der Waals surface area contributed by atoms with E-state index in [1.165, 1.54) is 12.8 Å². The molecular formula is C15H26N4O2S. The Bertz CT molecular complexity index is 484. The topological polar surface area (TPSA) is 83.0 Å². The minimum absolute atomic E-state index is 0.302. The summed E-state index contributed by atoms with van der Waals surface area (Å²) in [6, 6.07) is 0. The second kappa shape index (κ2) is 8.53. The molecule has 1 aromatic rings. The number of carbonyl (C=O) groups excluding carboxylic acids is 1. The molecule has 0 aliphatic carbocycles. The first-order valence-electron chi connectivity index (χ1n) is 8.01. The fraction of sp³-hybridized carbons (Fsp3) is 0.800. The minimum Gasteiger partial charge on any atom is -0.377 e. The van der Waals surface area contributed by atoms with Crippen LogP contribution >= 0.6 is 11.8 Å². The zero-order chi connectivity index (χ0) is 15.9. The Labute approximate surface area is 136 Å². The molecule has 1 saturated heterocycles. The Hall–Kier alpha value is -1.08. The minimum atomic E-state index is -0.302. The highest BCUT2D eigenvalue weighted by Gasteiger charge is 2.18. The van der Waals surface area contributed by atoms with Crippen LogP contribution in [0, 0.1) is 5.92 Å². The number of amides is 1. The molecule has 0 bridgehead atoms. The first kappa shape index (κ1) is 17.3. The summed E-state index contributed by atoms with van der Waals surface area (Å²) in [4.78, 5) is 11.0. The van der Waals surface area contributed by atoms with Crippen molar-refractivity contribution in [2.24, 2.45) is 11.7 Å². The van der Waals surface area contributed by atoms with Gasteiger partial charge in [0, 0.05) is 31.7 Å². The largest absolute Gasteiger partial charge is 0.377 e. The number of nitrogens with zero attached hydrogens (tertiary/aromatic N) is 3. The molecule has 1 fully saturated rings. The van der Waals surface area contributed by atoms with Crippen molar-refractivity contribution < 1.29 is 9.53 Å². The van der Waals surface area contributed by atoms with Gasteiger partial charge >= 0.3 is 0 Å². The summed E-state index contributed by atoms with van der Waals surface area (Å²) in [6.07, 6.45) is 4.72. The first-order chi connectivity index (χ1) is 10.6. The van der Waals surface area contributed by atoms with Crippen molar-refractivity contribution in [3.8, 4) is 0 Å². The van der Waals surface area contributed by atoms with Gasteiger partial charge < -0.3 is 15.0 Å². The summed E-state index contributed by atoms with van der Waals surface area (Å²) < 4.78 is 7.89. The lowest BCUT2D eigenvalue weighted by Crippen LogP contribution is -2.21. The number of hydrogen-bond donors (Lipinski definition) is 1. The van der Waals surface area contributed by atoms with Crippen LogP contribution < -0.4 is 5.73 Å². The second-order valence-corrected chi connectivity index (χ2v) is 7.16. The molecule has 1 amide bonds. The van der Waals surface area contributed by atoms with Crippen LogP contribution in [0.25, 0.3) is 0 Å². The third kappa shape index (κ3) is 5.28. The van der Waals surface area contributed by atoms with E-state index in [1.54, 1.807) is 11.8 Å². The third-order valence-electron chi connectivity index (χ3n) is 3.61. The van der Waals surface area contributed by atoms with Crippen LogP contribution in [0.4, 0.5) is 0 Å². The second-order valence-electron chi connectivity index (χ2n) is 6.17. The smallest absolute Gasteiger partial charge is 0.217 e. The molecule has 1 aromatic heterocycles. The number of aryl methyl sites for hydroxylation is 1. The van der Waals surface area contributed by atoms with Crippen molar-refractivity contribution in [2.45, 2.75) is 63.8 Å². The van der Waals surface area contributed by atoms with E-state index in [0.717, 1.165) is 36.3 Å². The molecule has 1 aliphatic heterocycles. The van der Waals surface area contributed by atoms with E-state index in [-0.39, 0.29) is 5.91 Å². The standard InChI is InChI=1S/C15H26N4O2S/c1-11(2)9-19-14(7-6-13(16)20)17-18-15(19)22-10-12-5-3-4-8-21-12/h11-12H,3-10H2,1-2H3,(H2,16,20). The van der Waals surface area contributed by atoms with Gasteiger partial charge in [-0.15, -0.1) is 10.2 Å². The summed E-state index contributed by atoms with van der Waals surface area (Å²) >= 11 is 1.70. The molecule has 7 heteroatoms. The van der Waals surface area contributed by atoms with Gasteiger partial charge in [-0.2, -0.15) is 0 Å². The van der Waals surface area contributed by atoms with E-state index in [9.17, 15) is 4.79 Å². The summed E-state index contributed by atoms with van der Waals surface area (Å²) in [6.45, 7) is 6.05. The van der Waals surface area contributed by atoms with Crippen LogP contribution in [0.5, 0.6) is 0 Å². The molecule has 6 nitrogen and oxygen atoms in total. The van der Waals surface area contributed by atoms with Crippen LogP contribution in [0.15, 0.2) is 5.16 Å². The summed E-state index contributed by atoms with van der Waals surface area (Å²) in [5.41, 5.74) is 5.24. The molecular weight excluding hydrogens is 300 g/mol. The number of carbonyl (C=O) groups is 1. The molecule has 22 heavy (non-hydrogen) atoms. The molecule has 1 unspecified atom stereocenters. The number of hydrogen-bond acceptors (Lipinski definition) is 5. The van der Waals surface area contributed by atoms with Gasteiger partial charge in [-0.05, 0) is 25.2 Å². The van der Waals surface area contributed by atoms with E-state index >= 15 is 0 Å². The van der Waals surface area contributed by atoms with Gasteiger partial charge in [0.1, 0.15) is 5.82 Å². The molecule has 0 saturated carbocycles. The molecule has 0 radical (unpaired) electrons. The lowest BCUT2D eigenvalue weighted by atomic mass is 10.1. The number of rotatable bonds is 8. The van der Waals surface area contributed by atoms with Crippen LogP contribution in [-0.4, -0.2) is 39.1 Å². The predicted molar refractivity (Wildman–Crippen MR) is 86.7 cm³/mol. The maximum Gasteiger partial charge on any atom is 0.217 e. The van der Waals surface area contributed by atoms with Gasteiger partial charge in [0.2, 0.25) is 5.91 Å². The van der Waals surface area contributed by atoms with E-state index in [2.05, 4.69) is 28.6 Å². The average molecular weight is 326 g/mol. The number of ether oxygens (including phenoxy) is 1. The summed E-state index contributed by atoms with van der Waals surface area (Å²) in [5, 5.41) is 9.47. The lowest BCUT2D eigenvalue weighted by Gasteiger charge is -2.22. The monoisotopic (exact) mass is 326 g/mol. The van der Waals surface area contributed by atoms with Gasteiger partial charge in [0.15, 0.2) is 5.16 Å². The normalized spacial score (nSPS) is 18.8. The Morgan fingerprint density at radius 1 is 1.45 bits per heavy atom. The van der Waals surface area contributed by atoms with Crippen molar-refractivity contribution in [3.63, 3.8) is 0 Å². The van der Waals surface area contributed by atoms with E-state index in [4.69, 9.17) is 10.5 Å². The zero-order valence-corrected chi connectivity index (χ0v) is 14.3. The van der Waals surface area contributed by atoms with Gasteiger partial charge in [-0.25, -0.2) is 0 Å². The van der Waals surface area contributed by atoms with Crippen molar-refractivity contribution in [2.75, 3.05) is 12.4 Å². The molecule has 1 atom stereocenters. The van der Waals surface area contributed by atoms with Crippen molar-refractivity contribution in [1.29, 1.82) is 0 Å². The number of nitrogens with two attached hydrogens (primary N) is 1. The van der Waals surface area contributed by atoms with Gasteiger partial charge in [0.25, 0.3) is 0 Å². The molecule has 2 rings (SSSR count). The molecule has 0 spiro atoms. The molecule has 0 aromatic carbocycles. The zero-order valence-electron chi connectivity index (χ0n) is 13.5. The van der Waals surface area contributed by atoms with Crippen molar-refractivity contribution in [3.05, 3.63) is 5.82 Å². The fourth-order valence-electron chi connectivity index (χ4n) is 2.50. The highest BCUT2D eigenvalue weighted by Crippen LogP contribution is 2.24. The number of thioether (sulfide) groups is 1. The Kier molecular flexibility index (Phi) is 6.70.